The van der Waals surface area contributed by atoms with Gasteiger partial charge < -0.3 is 21.1 Å². The molecule has 0 aliphatic heterocycles. The number of rotatable bonds is 5. The molecule has 4 nitrogen and oxygen atoms in total. The lowest BCUT2D eigenvalue weighted by atomic mass is 9.91. The smallest absolute Gasteiger partial charge is 0.0869 e. The maximum absolute atomic E-state index is 10.1. The zero-order valence-corrected chi connectivity index (χ0v) is 10.9. The Morgan fingerprint density at radius 2 is 2.12 bits per heavy atom. The van der Waals surface area contributed by atoms with Crippen LogP contribution in [0.2, 0.25) is 0 Å². The van der Waals surface area contributed by atoms with Gasteiger partial charge in [0.15, 0.2) is 0 Å². The number of nitrogens with two attached hydrogens (primary N) is 1. The molecular weight excluding hydrogens is 202 g/mol. The van der Waals surface area contributed by atoms with Crippen molar-refractivity contribution in [1.29, 1.82) is 0 Å². The Morgan fingerprint density at radius 3 is 2.69 bits per heavy atom. The summed E-state index contributed by atoms with van der Waals surface area (Å²) in [5.74, 6) is 0. The summed E-state index contributed by atoms with van der Waals surface area (Å²) in [6, 6.07) is 0.822. The van der Waals surface area contributed by atoms with Crippen molar-refractivity contribution in [2.45, 2.75) is 50.3 Å². The van der Waals surface area contributed by atoms with E-state index in [9.17, 15) is 5.11 Å². The lowest BCUT2D eigenvalue weighted by molar-refractivity contribution is 0.0299. The fraction of sp³-hybridized carbons (Fsp3) is 1.00. The van der Waals surface area contributed by atoms with Crippen molar-refractivity contribution in [2.24, 2.45) is 5.73 Å². The van der Waals surface area contributed by atoms with Gasteiger partial charge in [-0.25, -0.2) is 0 Å². The molecule has 0 bridgehead atoms. The minimum absolute atomic E-state index is 0.338. The van der Waals surface area contributed by atoms with Gasteiger partial charge in [-0.1, -0.05) is 6.42 Å². The minimum atomic E-state index is -0.662. The Kier molecular flexibility index (Phi) is 5.18. The molecule has 1 rings (SSSR count). The highest BCUT2D eigenvalue weighted by Crippen LogP contribution is 2.17. The molecule has 3 unspecified atom stereocenters. The van der Waals surface area contributed by atoms with Gasteiger partial charge in [0, 0.05) is 25.2 Å². The van der Waals surface area contributed by atoms with Crippen LogP contribution in [0.4, 0.5) is 0 Å². The van der Waals surface area contributed by atoms with Crippen LogP contribution in [0, 0.1) is 0 Å². The molecular formula is C12H27N3O. The van der Waals surface area contributed by atoms with Crippen molar-refractivity contribution in [3.05, 3.63) is 0 Å². The zero-order valence-electron chi connectivity index (χ0n) is 10.9. The molecule has 1 aliphatic carbocycles. The van der Waals surface area contributed by atoms with Crippen molar-refractivity contribution in [3.63, 3.8) is 0 Å². The van der Waals surface area contributed by atoms with E-state index in [-0.39, 0.29) is 0 Å². The first-order valence-corrected chi connectivity index (χ1v) is 6.25. The molecule has 1 fully saturated rings. The van der Waals surface area contributed by atoms with E-state index in [1.54, 1.807) is 0 Å². The first-order valence-electron chi connectivity index (χ1n) is 6.25. The number of nitrogens with zero attached hydrogens (tertiary/aromatic N) is 1. The second-order valence-corrected chi connectivity index (χ2v) is 5.74. The average Bonchev–Trinajstić information content (AvgIpc) is 2.13. The molecule has 1 aliphatic rings. The largest absolute Gasteiger partial charge is 0.388 e. The van der Waals surface area contributed by atoms with Crippen LogP contribution in [0.15, 0.2) is 0 Å². The summed E-state index contributed by atoms with van der Waals surface area (Å²) in [4.78, 5) is 2.01. The highest BCUT2D eigenvalue weighted by molar-refractivity contribution is 4.84. The lowest BCUT2D eigenvalue weighted by Gasteiger charge is -2.32. The molecule has 1 saturated carbocycles. The van der Waals surface area contributed by atoms with Gasteiger partial charge in [0.1, 0.15) is 0 Å². The molecule has 0 aromatic heterocycles. The second-order valence-electron chi connectivity index (χ2n) is 5.74. The highest BCUT2D eigenvalue weighted by Gasteiger charge is 2.24. The molecule has 4 heteroatoms. The standard InChI is InChI=1S/C12H27N3O/c1-12(16,9-15(2)3)8-14-11-6-4-5-10(13)7-11/h10-11,14,16H,4-9,13H2,1-3H3. The fourth-order valence-electron chi connectivity index (χ4n) is 2.51. The van der Waals surface area contributed by atoms with Crippen LogP contribution in [0.3, 0.4) is 0 Å². The van der Waals surface area contributed by atoms with Gasteiger partial charge in [0.25, 0.3) is 0 Å². The quantitative estimate of drug-likeness (QED) is 0.628. The van der Waals surface area contributed by atoms with E-state index in [2.05, 4.69) is 5.32 Å². The van der Waals surface area contributed by atoms with Crippen molar-refractivity contribution < 1.29 is 5.11 Å². The number of hydrogen-bond donors (Lipinski definition) is 3. The summed E-state index contributed by atoms with van der Waals surface area (Å²) in [5, 5.41) is 13.6. The minimum Gasteiger partial charge on any atom is -0.388 e. The van der Waals surface area contributed by atoms with E-state index in [1.165, 1.54) is 12.8 Å². The summed E-state index contributed by atoms with van der Waals surface area (Å²) >= 11 is 0. The Bertz CT molecular complexity index is 206. The van der Waals surface area contributed by atoms with Crippen molar-refractivity contribution in [3.8, 4) is 0 Å². The van der Waals surface area contributed by atoms with Crippen LogP contribution >= 0.6 is 0 Å². The number of nitrogens with one attached hydrogen (secondary N) is 1. The Balaban J connectivity index is 2.27. The molecule has 0 heterocycles. The molecule has 3 atom stereocenters. The average molecular weight is 229 g/mol. The SMILES string of the molecule is CN(C)CC(C)(O)CNC1CCCC(N)C1. The summed E-state index contributed by atoms with van der Waals surface area (Å²) < 4.78 is 0. The predicted molar refractivity (Wildman–Crippen MR) is 67.4 cm³/mol. The first kappa shape index (κ1) is 13.9. The Hall–Kier alpha value is -0.160. The molecule has 16 heavy (non-hydrogen) atoms. The molecule has 0 aromatic rings. The van der Waals surface area contributed by atoms with Gasteiger partial charge in [-0.3, -0.25) is 0 Å². The summed E-state index contributed by atoms with van der Waals surface area (Å²) in [5.41, 5.74) is 5.27. The summed E-state index contributed by atoms with van der Waals surface area (Å²) in [7, 11) is 3.95. The van der Waals surface area contributed by atoms with Gasteiger partial charge >= 0.3 is 0 Å². The Morgan fingerprint density at radius 1 is 1.44 bits per heavy atom. The van der Waals surface area contributed by atoms with Crippen LogP contribution in [0.5, 0.6) is 0 Å². The third-order valence-corrected chi connectivity index (χ3v) is 3.14. The highest BCUT2D eigenvalue weighted by atomic mass is 16.3. The molecule has 96 valence electrons. The van der Waals surface area contributed by atoms with Crippen molar-refractivity contribution in [2.75, 3.05) is 27.2 Å². The second kappa shape index (κ2) is 5.96. The first-order chi connectivity index (χ1) is 7.39. The molecule has 0 radical (unpaired) electrons. The van der Waals surface area contributed by atoms with E-state index in [1.807, 2.05) is 25.9 Å². The van der Waals surface area contributed by atoms with E-state index in [4.69, 9.17) is 5.73 Å². The fourth-order valence-corrected chi connectivity index (χ4v) is 2.51. The van der Waals surface area contributed by atoms with Crippen LogP contribution < -0.4 is 11.1 Å². The van der Waals surface area contributed by atoms with Crippen LogP contribution in [0.1, 0.15) is 32.6 Å². The third-order valence-electron chi connectivity index (χ3n) is 3.14. The maximum atomic E-state index is 10.1. The zero-order chi connectivity index (χ0) is 12.2. The summed E-state index contributed by atoms with van der Waals surface area (Å²) in [6.07, 6.45) is 4.57. The number of aliphatic hydroxyl groups is 1. The van der Waals surface area contributed by atoms with Crippen LogP contribution in [-0.2, 0) is 0 Å². The van der Waals surface area contributed by atoms with Crippen molar-refractivity contribution >= 4 is 0 Å². The lowest BCUT2D eigenvalue weighted by Crippen LogP contribution is -2.50. The summed E-state index contributed by atoms with van der Waals surface area (Å²) in [6.45, 7) is 3.20. The number of likely N-dealkylation sites (N-methyl/N-ethyl adjacent to an activating group) is 1. The van der Waals surface area contributed by atoms with Crippen molar-refractivity contribution in [1.82, 2.24) is 10.2 Å². The van der Waals surface area contributed by atoms with Gasteiger partial charge in [-0.2, -0.15) is 0 Å². The van der Waals surface area contributed by atoms with Gasteiger partial charge in [0.2, 0.25) is 0 Å². The van der Waals surface area contributed by atoms with E-state index in [0.29, 0.717) is 25.2 Å². The molecule has 0 amide bonds. The monoisotopic (exact) mass is 229 g/mol. The molecule has 0 aromatic carbocycles. The normalized spacial score (nSPS) is 30.4. The van der Waals surface area contributed by atoms with Gasteiger partial charge in [0.05, 0.1) is 5.60 Å². The van der Waals surface area contributed by atoms with Gasteiger partial charge in [-0.15, -0.1) is 0 Å². The van der Waals surface area contributed by atoms with Gasteiger partial charge in [-0.05, 0) is 40.3 Å². The van der Waals surface area contributed by atoms with E-state index in [0.717, 1.165) is 12.8 Å². The third kappa shape index (κ3) is 5.25. The molecule has 0 saturated heterocycles. The van der Waals surface area contributed by atoms with E-state index < -0.39 is 5.60 Å². The predicted octanol–water partition coefficient (Wildman–Crippen LogP) is 0.159. The molecule has 0 spiro atoms. The Labute approximate surface area is 99.2 Å². The number of hydrogen-bond acceptors (Lipinski definition) is 4. The van der Waals surface area contributed by atoms with Crippen LogP contribution in [0.25, 0.3) is 0 Å². The topological polar surface area (TPSA) is 61.5 Å². The maximum Gasteiger partial charge on any atom is 0.0869 e. The van der Waals surface area contributed by atoms with E-state index >= 15 is 0 Å². The molecule has 4 N–H and O–H groups in total. The van der Waals surface area contributed by atoms with Crippen LogP contribution in [-0.4, -0.2) is 54.9 Å².